The van der Waals surface area contributed by atoms with Gasteiger partial charge in [-0.3, -0.25) is 10.1 Å². The molecule has 0 aliphatic carbocycles. The number of morpholine rings is 2. The molecule has 30 heavy (non-hydrogen) atoms. The van der Waals surface area contributed by atoms with Crippen LogP contribution in [0.3, 0.4) is 0 Å². The van der Waals surface area contributed by atoms with Crippen molar-refractivity contribution in [3.8, 4) is 11.4 Å². The Morgan fingerprint density at radius 2 is 1.57 bits per heavy atom. The first kappa shape index (κ1) is 18.6. The zero-order valence-electron chi connectivity index (χ0n) is 16.2. The van der Waals surface area contributed by atoms with Crippen LogP contribution in [0.15, 0.2) is 24.3 Å². The second-order valence-electron chi connectivity index (χ2n) is 6.94. The molecule has 12 nitrogen and oxygen atoms in total. The van der Waals surface area contributed by atoms with E-state index in [1.165, 1.54) is 6.07 Å². The van der Waals surface area contributed by atoms with E-state index in [4.69, 9.17) is 14.5 Å². The summed E-state index contributed by atoms with van der Waals surface area (Å²) in [7, 11) is 0. The molecule has 0 radical (unpaired) electrons. The van der Waals surface area contributed by atoms with Crippen LogP contribution in [0.25, 0.3) is 17.2 Å². The van der Waals surface area contributed by atoms with Crippen molar-refractivity contribution in [2.24, 2.45) is 0 Å². The summed E-state index contributed by atoms with van der Waals surface area (Å²) in [6, 6.07) is 6.42. The molecule has 12 heteroatoms. The standard InChI is InChI=1S/C18H20N8O4/c27-26(28)14-4-2-1-3-13(14)15-19-17-20-16(23-5-9-29-10-6-23)21-18(25(17)22-15)24-7-11-30-12-8-24/h1-4H,5-12H2. The number of para-hydroxylation sites is 1. The molecule has 3 aromatic rings. The number of anilines is 2. The topological polar surface area (TPSA) is 124 Å². The lowest BCUT2D eigenvalue weighted by Crippen LogP contribution is -2.40. The van der Waals surface area contributed by atoms with E-state index in [-0.39, 0.29) is 11.5 Å². The number of hydrogen-bond donors (Lipinski definition) is 0. The predicted octanol–water partition coefficient (Wildman–Crippen LogP) is 0.768. The maximum absolute atomic E-state index is 11.5. The summed E-state index contributed by atoms with van der Waals surface area (Å²) in [5.41, 5.74) is 0.288. The molecule has 5 rings (SSSR count). The molecule has 4 heterocycles. The maximum atomic E-state index is 11.5. The highest BCUT2D eigenvalue weighted by molar-refractivity contribution is 5.69. The molecule has 156 valence electrons. The minimum Gasteiger partial charge on any atom is -0.378 e. The van der Waals surface area contributed by atoms with Gasteiger partial charge in [-0.25, -0.2) is 0 Å². The highest BCUT2D eigenvalue weighted by Crippen LogP contribution is 2.28. The second kappa shape index (κ2) is 7.80. The lowest BCUT2D eigenvalue weighted by molar-refractivity contribution is -0.384. The van der Waals surface area contributed by atoms with Crippen molar-refractivity contribution < 1.29 is 14.4 Å². The van der Waals surface area contributed by atoms with E-state index in [1.807, 2.05) is 4.90 Å². The third kappa shape index (κ3) is 3.39. The van der Waals surface area contributed by atoms with Gasteiger partial charge in [0.25, 0.3) is 11.5 Å². The smallest absolute Gasteiger partial charge is 0.280 e. The van der Waals surface area contributed by atoms with Crippen LogP contribution in [0.1, 0.15) is 0 Å². The van der Waals surface area contributed by atoms with Crippen LogP contribution in [0.4, 0.5) is 17.6 Å². The number of benzene rings is 1. The average molecular weight is 412 g/mol. The third-order valence-corrected chi connectivity index (χ3v) is 5.11. The first-order valence-corrected chi connectivity index (χ1v) is 9.75. The van der Waals surface area contributed by atoms with Gasteiger partial charge in [0, 0.05) is 32.2 Å². The van der Waals surface area contributed by atoms with Crippen LogP contribution in [0, 0.1) is 10.1 Å². The SMILES string of the molecule is O=[N+]([O-])c1ccccc1-c1nc2nc(N3CCOCC3)nc(N3CCOCC3)n2n1. The molecule has 0 N–H and O–H groups in total. The lowest BCUT2D eigenvalue weighted by Gasteiger charge is -2.30. The van der Waals surface area contributed by atoms with Crippen LogP contribution in [0.2, 0.25) is 0 Å². The number of nitro groups is 1. The van der Waals surface area contributed by atoms with E-state index >= 15 is 0 Å². The normalized spacial score (nSPS) is 17.5. The van der Waals surface area contributed by atoms with Crippen LogP contribution < -0.4 is 9.80 Å². The Hall–Kier alpha value is -3.38. The van der Waals surface area contributed by atoms with Crippen molar-refractivity contribution >= 4 is 23.4 Å². The Morgan fingerprint density at radius 3 is 2.27 bits per heavy atom. The van der Waals surface area contributed by atoms with E-state index in [1.54, 1.807) is 22.7 Å². The van der Waals surface area contributed by atoms with Crippen LogP contribution >= 0.6 is 0 Å². The number of aromatic nitrogens is 5. The monoisotopic (exact) mass is 412 g/mol. The zero-order chi connectivity index (χ0) is 20.5. The molecule has 0 bridgehead atoms. The van der Waals surface area contributed by atoms with E-state index in [2.05, 4.69) is 20.0 Å². The van der Waals surface area contributed by atoms with Crippen molar-refractivity contribution in [1.82, 2.24) is 24.6 Å². The summed E-state index contributed by atoms with van der Waals surface area (Å²) in [5.74, 6) is 1.74. The van der Waals surface area contributed by atoms with Gasteiger partial charge in [-0.05, 0) is 6.07 Å². The number of rotatable bonds is 4. The van der Waals surface area contributed by atoms with E-state index in [0.717, 1.165) is 0 Å². The minimum absolute atomic E-state index is 0.0531. The summed E-state index contributed by atoms with van der Waals surface area (Å²) < 4.78 is 12.5. The van der Waals surface area contributed by atoms with Gasteiger partial charge < -0.3 is 19.3 Å². The number of nitro benzene ring substituents is 1. The summed E-state index contributed by atoms with van der Waals surface area (Å²) >= 11 is 0. The first-order valence-electron chi connectivity index (χ1n) is 9.75. The Kier molecular flexibility index (Phi) is 4.85. The van der Waals surface area contributed by atoms with Crippen LogP contribution in [-0.2, 0) is 9.47 Å². The number of nitrogens with zero attached hydrogens (tertiary/aromatic N) is 8. The van der Waals surface area contributed by atoms with Gasteiger partial charge in [0.1, 0.15) is 0 Å². The Balaban J connectivity index is 1.65. The first-order chi connectivity index (χ1) is 14.7. The molecule has 0 spiro atoms. The van der Waals surface area contributed by atoms with Gasteiger partial charge in [-0.15, -0.1) is 5.10 Å². The molecule has 0 atom stereocenters. The average Bonchev–Trinajstić information content (AvgIpc) is 3.24. The van der Waals surface area contributed by atoms with E-state index < -0.39 is 4.92 Å². The van der Waals surface area contributed by atoms with Gasteiger partial charge >= 0.3 is 0 Å². The fraction of sp³-hybridized carbons (Fsp3) is 0.444. The van der Waals surface area contributed by atoms with Gasteiger partial charge in [-0.1, -0.05) is 12.1 Å². The van der Waals surface area contributed by atoms with Crippen molar-refractivity contribution in [2.75, 3.05) is 62.4 Å². The van der Waals surface area contributed by atoms with Crippen molar-refractivity contribution in [3.05, 3.63) is 34.4 Å². The largest absolute Gasteiger partial charge is 0.378 e. The molecular weight excluding hydrogens is 392 g/mol. The fourth-order valence-electron chi connectivity index (χ4n) is 3.57. The van der Waals surface area contributed by atoms with Crippen molar-refractivity contribution in [1.29, 1.82) is 0 Å². The molecule has 0 amide bonds. The third-order valence-electron chi connectivity index (χ3n) is 5.11. The van der Waals surface area contributed by atoms with Gasteiger partial charge in [-0.2, -0.15) is 19.5 Å². The molecule has 2 aromatic heterocycles. The molecule has 0 unspecified atom stereocenters. The van der Waals surface area contributed by atoms with Crippen molar-refractivity contribution in [2.45, 2.75) is 0 Å². The number of ether oxygens (including phenoxy) is 2. The second-order valence-corrected chi connectivity index (χ2v) is 6.94. The molecule has 2 fully saturated rings. The zero-order valence-corrected chi connectivity index (χ0v) is 16.2. The van der Waals surface area contributed by atoms with E-state index in [9.17, 15) is 10.1 Å². The highest BCUT2D eigenvalue weighted by atomic mass is 16.6. The van der Waals surface area contributed by atoms with Crippen LogP contribution in [0.5, 0.6) is 0 Å². The number of hydrogen-bond acceptors (Lipinski definition) is 10. The molecule has 1 aromatic carbocycles. The Labute approximate surface area is 171 Å². The molecule has 2 aliphatic rings. The fourth-order valence-corrected chi connectivity index (χ4v) is 3.57. The van der Waals surface area contributed by atoms with Gasteiger partial charge in [0.2, 0.25) is 11.9 Å². The quantitative estimate of drug-likeness (QED) is 0.448. The molecular formula is C18H20N8O4. The lowest BCUT2D eigenvalue weighted by atomic mass is 10.2. The molecule has 0 saturated carbocycles. The van der Waals surface area contributed by atoms with Crippen molar-refractivity contribution in [3.63, 3.8) is 0 Å². The molecule has 2 saturated heterocycles. The van der Waals surface area contributed by atoms with Gasteiger partial charge in [0.15, 0.2) is 5.82 Å². The Bertz CT molecular complexity index is 1080. The summed E-state index contributed by atoms with van der Waals surface area (Å²) in [5, 5.41) is 16.0. The van der Waals surface area contributed by atoms with Crippen LogP contribution in [-0.4, -0.2) is 82.1 Å². The highest BCUT2D eigenvalue weighted by Gasteiger charge is 2.25. The number of fused-ring (bicyclic) bond motifs is 1. The predicted molar refractivity (Wildman–Crippen MR) is 107 cm³/mol. The Morgan fingerprint density at radius 1 is 0.900 bits per heavy atom. The summed E-state index contributed by atoms with van der Waals surface area (Å²) in [6.45, 7) is 5.08. The summed E-state index contributed by atoms with van der Waals surface area (Å²) in [4.78, 5) is 29.0. The van der Waals surface area contributed by atoms with E-state index in [0.29, 0.717) is 75.8 Å². The molecule has 2 aliphatic heterocycles. The summed E-state index contributed by atoms with van der Waals surface area (Å²) in [6.07, 6.45) is 0. The minimum atomic E-state index is -0.436. The maximum Gasteiger partial charge on any atom is 0.280 e. The van der Waals surface area contributed by atoms with Gasteiger partial charge in [0.05, 0.1) is 36.9 Å².